The number of carbonyl (C=O) groups is 1. The van der Waals surface area contributed by atoms with E-state index in [0.717, 1.165) is 11.1 Å². The third-order valence-corrected chi connectivity index (χ3v) is 2.27. The highest BCUT2D eigenvalue weighted by molar-refractivity contribution is 5.99. The van der Waals surface area contributed by atoms with E-state index in [1.54, 1.807) is 0 Å². The van der Waals surface area contributed by atoms with E-state index >= 15 is 0 Å². The molecule has 0 aliphatic rings. The maximum absolute atomic E-state index is 11.8. The lowest BCUT2D eigenvalue weighted by molar-refractivity contribution is 0.0958. The molecule has 5 nitrogen and oxygen atoms in total. The molecule has 0 bridgehead atoms. The number of amides is 1. The molecular weight excluding hydrogens is 206 g/mol. The Morgan fingerprint density at radius 1 is 1.44 bits per heavy atom. The van der Waals surface area contributed by atoms with Crippen LogP contribution in [0.1, 0.15) is 21.5 Å². The van der Waals surface area contributed by atoms with Crippen LogP contribution in [-0.2, 0) is 0 Å². The Labute approximate surface area is 94.0 Å². The number of benzene rings is 1. The molecule has 5 heteroatoms. The van der Waals surface area contributed by atoms with Gasteiger partial charge in [-0.1, -0.05) is 23.4 Å². The van der Waals surface area contributed by atoms with Gasteiger partial charge in [0.25, 0.3) is 5.91 Å². The zero-order chi connectivity index (χ0) is 12.1. The number of nitrogens with one attached hydrogen (secondary N) is 1. The molecule has 0 radical (unpaired) electrons. The average Bonchev–Trinajstić information content (AvgIpc) is 2.25. The topological polar surface area (TPSA) is 87.7 Å². The SMILES string of the molecule is Cc1cccc(C)c1C(=O)NC/C(N)=N/O. The predicted octanol–water partition coefficient (Wildman–Crippen LogP) is 0.780. The van der Waals surface area contributed by atoms with Crippen molar-refractivity contribution in [2.24, 2.45) is 10.9 Å². The molecule has 0 unspecified atom stereocenters. The van der Waals surface area contributed by atoms with Gasteiger partial charge in [0.15, 0.2) is 5.84 Å². The molecule has 0 saturated carbocycles. The summed E-state index contributed by atoms with van der Waals surface area (Å²) in [7, 11) is 0. The smallest absolute Gasteiger partial charge is 0.252 e. The first-order chi connectivity index (χ1) is 7.56. The zero-order valence-electron chi connectivity index (χ0n) is 9.32. The van der Waals surface area contributed by atoms with Gasteiger partial charge >= 0.3 is 0 Å². The summed E-state index contributed by atoms with van der Waals surface area (Å²) in [6.45, 7) is 3.76. The molecule has 1 rings (SSSR count). The lowest BCUT2D eigenvalue weighted by Gasteiger charge is -2.09. The second kappa shape index (κ2) is 5.16. The van der Waals surface area contributed by atoms with Crippen molar-refractivity contribution < 1.29 is 10.0 Å². The summed E-state index contributed by atoms with van der Waals surface area (Å²) < 4.78 is 0. The number of hydrogen-bond acceptors (Lipinski definition) is 3. The van der Waals surface area contributed by atoms with Crippen molar-refractivity contribution in [2.75, 3.05) is 6.54 Å². The Balaban J connectivity index is 2.81. The van der Waals surface area contributed by atoms with Gasteiger partial charge in [0, 0.05) is 5.56 Å². The van der Waals surface area contributed by atoms with Crippen LogP contribution in [0.4, 0.5) is 0 Å². The van der Waals surface area contributed by atoms with E-state index in [9.17, 15) is 4.79 Å². The standard InChI is InChI=1S/C11H15N3O2/c1-7-4-3-5-8(2)10(7)11(15)13-6-9(12)14-16/h3-5,16H,6H2,1-2H3,(H2,12,14)(H,13,15). The first kappa shape index (κ1) is 12.0. The molecular formula is C11H15N3O2. The molecule has 86 valence electrons. The third-order valence-electron chi connectivity index (χ3n) is 2.27. The molecule has 0 aliphatic carbocycles. The summed E-state index contributed by atoms with van der Waals surface area (Å²) in [5.41, 5.74) is 7.69. The van der Waals surface area contributed by atoms with Crippen molar-refractivity contribution >= 4 is 11.7 Å². The summed E-state index contributed by atoms with van der Waals surface area (Å²) in [5.74, 6) is -0.248. The van der Waals surface area contributed by atoms with Crippen molar-refractivity contribution in [1.82, 2.24) is 5.32 Å². The number of nitrogens with two attached hydrogens (primary N) is 1. The van der Waals surface area contributed by atoms with Crippen molar-refractivity contribution in [1.29, 1.82) is 0 Å². The third kappa shape index (κ3) is 2.73. The number of amidine groups is 1. The molecule has 1 aromatic carbocycles. The Morgan fingerprint density at radius 3 is 2.50 bits per heavy atom. The molecule has 0 heterocycles. The van der Waals surface area contributed by atoms with Crippen LogP contribution >= 0.6 is 0 Å². The van der Waals surface area contributed by atoms with Gasteiger partial charge in [0.1, 0.15) is 0 Å². The largest absolute Gasteiger partial charge is 0.409 e. The highest BCUT2D eigenvalue weighted by atomic mass is 16.4. The van der Waals surface area contributed by atoms with E-state index in [4.69, 9.17) is 10.9 Å². The molecule has 16 heavy (non-hydrogen) atoms. The number of oxime groups is 1. The zero-order valence-corrected chi connectivity index (χ0v) is 9.32. The van der Waals surface area contributed by atoms with E-state index in [1.165, 1.54) is 0 Å². The van der Waals surface area contributed by atoms with Crippen LogP contribution in [0.2, 0.25) is 0 Å². The second-order valence-electron chi connectivity index (χ2n) is 3.54. The summed E-state index contributed by atoms with van der Waals surface area (Å²) in [6, 6.07) is 5.63. The number of nitrogens with zero attached hydrogens (tertiary/aromatic N) is 1. The van der Waals surface area contributed by atoms with E-state index in [0.29, 0.717) is 5.56 Å². The Hall–Kier alpha value is -2.04. The van der Waals surface area contributed by atoms with E-state index < -0.39 is 0 Å². The summed E-state index contributed by atoms with van der Waals surface area (Å²) in [5, 5.41) is 13.7. The highest BCUT2D eigenvalue weighted by Gasteiger charge is 2.11. The van der Waals surface area contributed by atoms with Crippen molar-refractivity contribution in [3.63, 3.8) is 0 Å². The minimum Gasteiger partial charge on any atom is -0.409 e. The minimum atomic E-state index is -0.220. The maximum Gasteiger partial charge on any atom is 0.252 e. The molecule has 0 spiro atoms. The van der Waals surface area contributed by atoms with E-state index in [-0.39, 0.29) is 18.3 Å². The van der Waals surface area contributed by atoms with Gasteiger partial charge < -0.3 is 16.3 Å². The monoisotopic (exact) mass is 221 g/mol. The highest BCUT2D eigenvalue weighted by Crippen LogP contribution is 2.12. The fourth-order valence-corrected chi connectivity index (χ4v) is 1.47. The lowest BCUT2D eigenvalue weighted by Crippen LogP contribution is -2.34. The molecule has 0 aliphatic heterocycles. The summed E-state index contributed by atoms with van der Waals surface area (Å²) in [4.78, 5) is 11.8. The fraction of sp³-hybridized carbons (Fsp3) is 0.273. The van der Waals surface area contributed by atoms with Crippen LogP contribution in [-0.4, -0.2) is 23.5 Å². The van der Waals surface area contributed by atoms with Crippen molar-refractivity contribution in [3.8, 4) is 0 Å². The van der Waals surface area contributed by atoms with Crippen LogP contribution < -0.4 is 11.1 Å². The van der Waals surface area contributed by atoms with Crippen LogP contribution in [0.15, 0.2) is 23.4 Å². The van der Waals surface area contributed by atoms with Gasteiger partial charge in [-0.3, -0.25) is 4.79 Å². The Bertz CT molecular complexity index is 407. The van der Waals surface area contributed by atoms with Crippen LogP contribution in [0.25, 0.3) is 0 Å². The van der Waals surface area contributed by atoms with Gasteiger partial charge in [0.05, 0.1) is 6.54 Å². The predicted molar refractivity (Wildman–Crippen MR) is 61.7 cm³/mol. The van der Waals surface area contributed by atoms with Crippen LogP contribution in [0.3, 0.4) is 0 Å². The number of aryl methyl sites for hydroxylation is 2. The molecule has 0 fully saturated rings. The second-order valence-corrected chi connectivity index (χ2v) is 3.54. The van der Waals surface area contributed by atoms with Gasteiger partial charge in [0.2, 0.25) is 0 Å². The molecule has 4 N–H and O–H groups in total. The normalized spacial score (nSPS) is 11.2. The molecule has 1 aromatic rings. The quantitative estimate of drug-likeness (QED) is 0.305. The average molecular weight is 221 g/mol. The fourth-order valence-electron chi connectivity index (χ4n) is 1.47. The Kier molecular flexibility index (Phi) is 3.88. The molecule has 0 saturated heterocycles. The van der Waals surface area contributed by atoms with Gasteiger partial charge in [-0.15, -0.1) is 0 Å². The van der Waals surface area contributed by atoms with Crippen molar-refractivity contribution in [3.05, 3.63) is 34.9 Å². The van der Waals surface area contributed by atoms with Gasteiger partial charge in [-0.25, -0.2) is 0 Å². The van der Waals surface area contributed by atoms with Gasteiger partial charge in [-0.2, -0.15) is 0 Å². The van der Waals surface area contributed by atoms with Crippen LogP contribution in [0, 0.1) is 13.8 Å². The first-order valence-electron chi connectivity index (χ1n) is 4.87. The van der Waals surface area contributed by atoms with Gasteiger partial charge in [-0.05, 0) is 25.0 Å². The minimum absolute atomic E-state index is 0.0282. The number of carbonyl (C=O) groups excluding carboxylic acids is 1. The van der Waals surface area contributed by atoms with Crippen molar-refractivity contribution in [2.45, 2.75) is 13.8 Å². The number of hydrogen-bond donors (Lipinski definition) is 3. The summed E-state index contributed by atoms with van der Waals surface area (Å²) >= 11 is 0. The summed E-state index contributed by atoms with van der Waals surface area (Å²) in [6.07, 6.45) is 0. The van der Waals surface area contributed by atoms with Crippen LogP contribution in [0.5, 0.6) is 0 Å². The Morgan fingerprint density at radius 2 is 2.00 bits per heavy atom. The molecule has 0 atom stereocenters. The maximum atomic E-state index is 11.8. The molecule has 1 amide bonds. The molecule has 0 aromatic heterocycles. The lowest BCUT2D eigenvalue weighted by atomic mass is 10.0. The van der Waals surface area contributed by atoms with E-state index in [1.807, 2.05) is 32.0 Å². The number of rotatable bonds is 3. The van der Waals surface area contributed by atoms with E-state index in [2.05, 4.69) is 10.5 Å². The first-order valence-corrected chi connectivity index (χ1v) is 4.87.